The molecule has 0 bridgehead atoms. The van der Waals surface area contributed by atoms with Crippen molar-refractivity contribution in [3.8, 4) is 0 Å². The average Bonchev–Trinajstić information content (AvgIpc) is 2.65. The van der Waals surface area contributed by atoms with Gasteiger partial charge in [-0.1, -0.05) is 13.3 Å². The molecule has 3 nitrogen and oxygen atoms in total. The normalized spacial score (nSPS) is 21.8. The molecular weight excluding hydrogens is 164 g/mol. The number of carbonyl (C=O) groups is 1. The van der Waals surface area contributed by atoms with Gasteiger partial charge in [0.15, 0.2) is 0 Å². The first-order valence-corrected chi connectivity index (χ1v) is 5.22. The van der Waals surface area contributed by atoms with Gasteiger partial charge in [0.25, 0.3) is 0 Å². The van der Waals surface area contributed by atoms with Gasteiger partial charge >= 0.3 is 0 Å². The number of hydrogen-bond acceptors (Lipinski definition) is 2. The van der Waals surface area contributed by atoms with E-state index in [9.17, 15) is 4.79 Å². The zero-order chi connectivity index (χ0) is 9.68. The van der Waals surface area contributed by atoms with Crippen molar-refractivity contribution < 1.29 is 4.79 Å². The Kier molecular flexibility index (Phi) is 4.22. The van der Waals surface area contributed by atoms with E-state index in [0.29, 0.717) is 18.4 Å². The molecule has 1 fully saturated rings. The van der Waals surface area contributed by atoms with Crippen molar-refractivity contribution in [1.82, 2.24) is 10.2 Å². The van der Waals surface area contributed by atoms with Crippen molar-refractivity contribution in [2.75, 3.05) is 20.1 Å². The van der Waals surface area contributed by atoms with E-state index in [1.54, 1.807) is 0 Å². The predicted octanol–water partition coefficient (Wildman–Crippen LogP) is 0.997. The van der Waals surface area contributed by atoms with Gasteiger partial charge in [-0.05, 0) is 19.4 Å². The lowest BCUT2D eigenvalue weighted by Gasteiger charge is -2.23. The van der Waals surface area contributed by atoms with Gasteiger partial charge in [-0.15, -0.1) is 0 Å². The largest absolute Gasteiger partial charge is 0.341 e. The molecule has 0 spiro atoms. The molecule has 0 aromatic rings. The van der Waals surface area contributed by atoms with Crippen LogP contribution in [-0.4, -0.2) is 37.0 Å². The highest BCUT2D eigenvalue weighted by Gasteiger charge is 2.22. The summed E-state index contributed by atoms with van der Waals surface area (Å²) in [6, 6.07) is 0.435. The van der Waals surface area contributed by atoms with E-state index < -0.39 is 0 Å². The van der Waals surface area contributed by atoms with Crippen LogP contribution in [-0.2, 0) is 4.79 Å². The van der Waals surface area contributed by atoms with E-state index in [4.69, 9.17) is 0 Å². The summed E-state index contributed by atoms with van der Waals surface area (Å²) in [5, 5.41) is 3.27. The second kappa shape index (κ2) is 5.22. The van der Waals surface area contributed by atoms with Crippen molar-refractivity contribution >= 4 is 5.91 Å². The first-order valence-electron chi connectivity index (χ1n) is 5.22. The average molecular weight is 184 g/mol. The van der Waals surface area contributed by atoms with E-state index in [0.717, 1.165) is 32.4 Å². The zero-order valence-corrected chi connectivity index (χ0v) is 8.68. The minimum atomic E-state index is 0.301. The molecule has 76 valence electrons. The summed E-state index contributed by atoms with van der Waals surface area (Å²) in [5.41, 5.74) is 0. The molecule has 0 radical (unpaired) electrons. The van der Waals surface area contributed by atoms with Gasteiger partial charge in [0, 0.05) is 26.1 Å². The lowest BCUT2D eigenvalue weighted by atomic mass is 10.2. The molecule has 1 aliphatic heterocycles. The van der Waals surface area contributed by atoms with Crippen LogP contribution in [0, 0.1) is 0 Å². The van der Waals surface area contributed by atoms with Crippen LogP contribution < -0.4 is 5.32 Å². The number of carbonyl (C=O) groups excluding carboxylic acids is 1. The maximum Gasteiger partial charge on any atom is 0.222 e. The van der Waals surface area contributed by atoms with E-state index in [1.165, 1.54) is 0 Å². The Morgan fingerprint density at radius 2 is 2.38 bits per heavy atom. The number of nitrogens with zero attached hydrogens (tertiary/aromatic N) is 1. The second-order valence-electron chi connectivity index (χ2n) is 3.75. The zero-order valence-electron chi connectivity index (χ0n) is 8.68. The topological polar surface area (TPSA) is 32.3 Å². The van der Waals surface area contributed by atoms with Crippen molar-refractivity contribution in [2.24, 2.45) is 0 Å². The third kappa shape index (κ3) is 2.99. The smallest absolute Gasteiger partial charge is 0.222 e. The maximum absolute atomic E-state index is 11.6. The van der Waals surface area contributed by atoms with Crippen molar-refractivity contribution in [3.63, 3.8) is 0 Å². The predicted molar refractivity (Wildman–Crippen MR) is 53.6 cm³/mol. The van der Waals surface area contributed by atoms with Crippen LogP contribution in [0.1, 0.15) is 32.6 Å². The Hall–Kier alpha value is -0.570. The molecule has 0 saturated carbocycles. The monoisotopic (exact) mass is 184 g/mol. The number of rotatable bonds is 4. The van der Waals surface area contributed by atoms with Gasteiger partial charge in [0.2, 0.25) is 5.91 Å². The fourth-order valence-electron chi connectivity index (χ4n) is 1.68. The Morgan fingerprint density at radius 3 is 2.92 bits per heavy atom. The minimum Gasteiger partial charge on any atom is -0.341 e. The maximum atomic E-state index is 11.6. The van der Waals surface area contributed by atoms with Crippen LogP contribution in [0.2, 0.25) is 0 Å². The summed E-state index contributed by atoms with van der Waals surface area (Å²) in [6.07, 6.45) is 3.93. The molecule has 1 amide bonds. The summed E-state index contributed by atoms with van der Waals surface area (Å²) in [4.78, 5) is 13.5. The molecule has 1 saturated heterocycles. The van der Waals surface area contributed by atoms with Crippen LogP contribution in [0.5, 0.6) is 0 Å². The number of hydrogen-bond donors (Lipinski definition) is 1. The molecule has 1 N–H and O–H groups in total. The minimum absolute atomic E-state index is 0.301. The quantitative estimate of drug-likeness (QED) is 0.707. The third-order valence-electron chi connectivity index (χ3n) is 2.72. The summed E-state index contributed by atoms with van der Waals surface area (Å²) in [7, 11) is 1.93. The van der Waals surface area contributed by atoms with Crippen molar-refractivity contribution in [3.05, 3.63) is 0 Å². The number of likely N-dealkylation sites (N-methyl/N-ethyl adjacent to an activating group) is 1. The highest BCUT2D eigenvalue weighted by atomic mass is 16.2. The number of nitrogens with one attached hydrogen (secondary N) is 1. The third-order valence-corrected chi connectivity index (χ3v) is 2.72. The van der Waals surface area contributed by atoms with Gasteiger partial charge in [-0.3, -0.25) is 4.79 Å². The van der Waals surface area contributed by atoms with Crippen LogP contribution in [0.15, 0.2) is 0 Å². The van der Waals surface area contributed by atoms with Crippen LogP contribution in [0.4, 0.5) is 0 Å². The van der Waals surface area contributed by atoms with Gasteiger partial charge in [-0.2, -0.15) is 0 Å². The number of unbranched alkanes of at least 4 members (excludes halogenated alkanes) is 1. The second-order valence-corrected chi connectivity index (χ2v) is 3.75. The van der Waals surface area contributed by atoms with Crippen molar-refractivity contribution in [2.45, 2.75) is 38.6 Å². The van der Waals surface area contributed by atoms with Crippen LogP contribution in [0.3, 0.4) is 0 Å². The number of amides is 1. The lowest BCUT2D eigenvalue weighted by Crippen LogP contribution is -2.38. The van der Waals surface area contributed by atoms with Gasteiger partial charge in [0.1, 0.15) is 0 Å². The fraction of sp³-hybridized carbons (Fsp3) is 0.900. The molecule has 1 aliphatic rings. The molecule has 1 atom stereocenters. The standard InChI is InChI=1S/C10H20N2O/c1-3-4-5-10(13)12(2)9-6-7-11-8-9/h9,11H,3-8H2,1-2H3. The summed E-state index contributed by atoms with van der Waals surface area (Å²) < 4.78 is 0. The summed E-state index contributed by atoms with van der Waals surface area (Å²) in [6.45, 7) is 4.13. The van der Waals surface area contributed by atoms with Crippen LogP contribution in [0.25, 0.3) is 0 Å². The van der Waals surface area contributed by atoms with E-state index in [-0.39, 0.29) is 0 Å². The van der Waals surface area contributed by atoms with E-state index >= 15 is 0 Å². The SMILES string of the molecule is CCCCC(=O)N(C)C1CCNC1. The molecule has 13 heavy (non-hydrogen) atoms. The molecule has 1 rings (SSSR count). The molecule has 0 aliphatic carbocycles. The van der Waals surface area contributed by atoms with E-state index in [1.807, 2.05) is 11.9 Å². The summed E-state index contributed by atoms with van der Waals surface area (Å²) in [5.74, 6) is 0.301. The fourth-order valence-corrected chi connectivity index (χ4v) is 1.68. The first kappa shape index (κ1) is 10.5. The molecule has 1 unspecified atom stereocenters. The van der Waals surface area contributed by atoms with Gasteiger partial charge in [-0.25, -0.2) is 0 Å². The highest BCUT2D eigenvalue weighted by molar-refractivity contribution is 5.76. The Balaban J connectivity index is 2.28. The van der Waals surface area contributed by atoms with Crippen LogP contribution >= 0.6 is 0 Å². The highest BCUT2D eigenvalue weighted by Crippen LogP contribution is 2.08. The molecule has 0 aromatic carbocycles. The molecular formula is C10H20N2O. The first-order chi connectivity index (χ1) is 6.25. The Bertz CT molecular complexity index is 164. The van der Waals surface area contributed by atoms with Gasteiger partial charge in [0.05, 0.1) is 0 Å². The van der Waals surface area contributed by atoms with Crippen molar-refractivity contribution in [1.29, 1.82) is 0 Å². The Morgan fingerprint density at radius 1 is 1.62 bits per heavy atom. The lowest BCUT2D eigenvalue weighted by molar-refractivity contribution is -0.131. The van der Waals surface area contributed by atoms with E-state index in [2.05, 4.69) is 12.2 Å². The molecule has 3 heteroatoms. The summed E-state index contributed by atoms with van der Waals surface area (Å²) >= 11 is 0. The van der Waals surface area contributed by atoms with Gasteiger partial charge < -0.3 is 10.2 Å². The molecule has 1 heterocycles. The molecule has 0 aromatic heterocycles. The Labute approximate surface area is 80.5 Å².